The molecule has 0 N–H and O–H groups in total. The van der Waals surface area contributed by atoms with Crippen LogP contribution in [0.15, 0.2) is 76.1 Å². The minimum atomic E-state index is -4.51. The van der Waals surface area contributed by atoms with Gasteiger partial charge in [-0.05, 0) is 60.7 Å². The standard InChI is InChI=1S/C23H14Cl2F3NO2/c1-30-16-6-2-13(3-7-16)22-12-19(17-11-15(24)5-9-21(17)31-22)29-20-10-14(23(26,27)28)4-8-18(20)25/h2-12H,1H3. The molecule has 0 unspecified atom stereocenters. The minimum absolute atomic E-state index is 0.00959. The number of nitrogens with zero attached hydrogens (tertiary/aromatic N) is 1. The summed E-state index contributed by atoms with van der Waals surface area (Å²) in [7, 11) is 1.56. The van der Waals surface area contributed by atoms with Crippen LogP contribution < -0.4 is 10.1 Å². The molecule has 4 rings (SSSR count). The van der Waals surface area contributed by atoms with Crippen LogP contribution in [0.4, 0.5) is 18.9 Å². The number of hydrogen-bond donors (Lipinski definition) is 0. The van der Waals surface area contributed by atoms with E-state index in [1.165, 1.54) is 6.07 Å². The molecule has 0 saturated carbocycles. The van der Waals surface area contributed by atoms with Crippen molar-refractivity contribution in [3.05, 3.63) is 87.7 Å². The first-order valence-corrected chi connectivity index (χ1v) is 9.79. The van der Waals surface area contributed by atoms with Crippen molar-refractivity contribution in [1.82, 2.24) is 0 Å². The summed E-state index contributed by atoms with van der Waals surface area (Å²) >= 11 is 12.3. The summed E-state index contributed by atoms with van der Waals surface area (Å²) in [5.74, 6) is 1.15. The van der Waals surface area contributed by atoms with Gasteiger partial charge in [0, 0.05) is 22.0 Å². The van der Waals surface area contributed by atoms with Gasteiger partial charge in [0.25, 0.3) is 0 Å². The Morgan fingerprint density at radius 1 is 0.903 bits per heavy atom. The summed E-state index contributed by atoms with van der Waals surface area (Å²) < 4.78 is 50.7. The number of halogens is 5. The number of rotatable bonds is 3. The molecule has 0 amide bonds. The van der Waals surface area contributed by atoms with Crippen molar-refractivity contribution in [2.75, 3.05) is 7.11 Å². The Kier molecular flexibility index (Phi) is 5.69. The molecule has 0 bridgehead atoms. The highest BCUT2D eigenvalue weighted by atomic mass is 35.5. The van der Waals surface area contributed by atoms with Crippen LogP contribution in [-0.2, 0) is 6.18 Å². The topological polar surface area (TPSA) is 34.7 Å². The first-order chi connectivity index (χ1) is 14.7. The van der Waals surface area contributed by atoms with E-state index in [-0.39, 0.29) is 10.7 Å². The van der Waals surface area contributed by atoms with E-state index in [0.29, 0.717) is 32.9 Å². The van der Waals surface area contributed by atoms with Crippen LogP contribution in [0.1, 0.15) is 5.56 Å². The van der Waals surface area contributed by atoms with Crippen LogP contribution in [-0.4, -0.2) is 7.11 Å². The van der Waals surface area contributed by atoms with Gasteiger partial charge >= 0.3 is 6.18 Å². The molecule has 0 radical (unpaired) electrons. The molecule has 158 valence electrons. The van der Waals surface area contributed by atoms with Crippen LogP contribution >= 0.6 is 23.2 Å². The van der Waals surface area contributed by atoms with Crippen LogP contribution in [0.2, 0.25) is 10.0 Å². The van der Waals surface area contributed by atoms with Crippen LogP contribution in [0.3, 0.4) is 0 Å². The van der Waals surface area contributed by atoms with Gasteiger partial charge in [-0.1, -0.05) is 23.2 Å². The molecular formula is C23H14Cl2F3NO2. The average Bonchev–Trinajstić information content (AvgIpc) is 2.74. The second-order valence-corrected chi connectivity index (χ2v) is 7.48. The van der Waals surface area contributed by atoms with Gasteiger partial charge in [-0.15, -0.1) is 0 Å². The zero-order valence-corrected chi connectivity index (χ0v) is 17.5. The Bertz CT molecular complexity index is 1330. The normalized spacial score (nSPS) is 12.4. The molecule has 3 aromatic carbocycles. The first-order valence-electron chi connectivity index (χ1n) is 9.04. The third kappa shape index (κ3) is 4.55. The van der Waals surface area contributed by atoms with Crippen molar-refractivity contribution in [1.29, 1.82) is 0 Å². The molecule has 8 heteroatoms. The van der Waals surface area contributed by atoms with Crippen molar-refractivity contribution in [2.45, 2.75) is 6.18 Å². The number of hydrogen-bond acceptors (Lipinski definition) is 3. The zero-order chi connectivity index (χ0) is 22.2. The predicted molar refractivity (Wildman–Crippen MR) is 115 cm³/mol. The van der Waals surface area contributed by atoms with Crippen molar-refractivity contribution in [3.8, 4) is 17.1 Å². The molecule has 0 fully saturated rings. The number of fused-ring (bicyclic) bond motifs is 1. The molecule has 0 aliphatic rings. The third-order valence-corrected chi connectivity index (χ3v) is 5.15. The van der Waals surface area contributed by atoms with Crippen molar-refractivity contribution >= 4 is 39.9 Å². The Hall–Kier alpha value is -2.96. The molecule has 3 nitrogen and oxygen atoms in total. The van der Waals surface area contributed by atoms with E-state index in [1.807, 2.05) is 0 Å². The first kappa shape index (κ1) is 21.3. The van der Waals surface area contributed by atoms with Crippen LogP contribution in [0, 0.1) is 0 Å². The highest BCUT2D eigenvalue weighted by Crippen LogP contribution is 2.35. The quantitative estimate of drug-likeness (QED) is 0.312. The summed E-state index contributed by atoms with van der Waals surface area (Å²) in [5, 5.41) is 1.44. The lowest BCUT2D eigenvalue weighted by atomic mass is 10.1. The van der Waals surface area contributed by atoms with Crippen LogP contribution in [0.5, 0.6) is 5.75 Å². The highest BCUT2D eigenvalue weighted by molar-refractivity contribution is 6.33. The lowest BCUT2D eigenvalue weighted by molar-refractivity contribution is -0.137. The van der Waals surface area contributed by atoms with E-state index < -0.39 is 11.7 Å². The Morgan fingerprint density at radius 3 is 2.32 bits per heavy atom. The van der Waals surface area contributed by atoms with E-state index in [2.05, 4.69) is 4.99 Å². The second-order valence-electron chi connectivity index (χ2n) is 6.64. The lowest BCUT2D eigenvalue weighted by Crippen LogP contribution is -2.06. The fourth-order valence-electron chi connectivity index (χ4n) is 3.04. The third-order valence-electron chi connectivity index (χ3n) is 4.59. The predicted octanol–water partition coefficient (Wildman–Crippen LogP) is 7.67. The largest absolute Gasteiger partial charge is 0.497 e. The minimum Gasteiger partial charge on any atom is -0.497 e. The molecule has 1 heterocycles. The van der Waals surface area contributed by atoms with Gasteiger partial charge in [0.15, 0.2) is 0 Å². The Labute approximate surface area is 185 Å². The molecule has 31 heavy (non-hydrogen) atoms. The fourth-order valence-corrected chi connectivity index (χ4v) is 3.37. The van der Waals surface area contributed by atoms with Gasteiger partial charge in [0.2, 0.25) is 0 Å². The zero-order valence-electron chi connectivity index (χ0n) is 16.0. The smallest absolute Gasteiger partial charge is 0.416 e. The van der Waals surface area contributed by atoms with Crippen molar-refractivity contribution in [3.63, 3.8) is 0 Å². The lowest BCUT2D eigenvalue weighted by Gasteiger charge is -2.09. The van der Waals surface area contributed by atoms with E-state index in [0.717, 1.165) is 17.7 Å². The highest BCUT2D eigenvalue weighted by Gasteiger charge is 2.31. The molecule has 0 atom stereocenters. The molecular weight excluding hydrogens is 450 g/mol. The van der Waals surface area contributed by atoms with E-state index in [1.54, 1.807) is 55.6 Å². The maximum atomic E-state index is 13.2. The summed E-state index contributed by atoms with van der Waals surface area (Å²) in [6, 6.07) is 16.8. The fraction of sp³-hybridized carbons (Fsp3) is 0.0870. The van der Waals surface area contributed by atoms with Gasteiger partial charge in [-0.2, -0.15) is 13.2 Å². The molecule has 0 spiro atoms. The SMILES string of the molecule is COc1ccc(-c2cc(=Nc3cc(C(F)(F)F)ccc3Cl)c3cc(Cl)ccc3o2)cc1. The van der Waals surface area contributed by atoms with Gasteiger partial charge in [-0.25, -0.2) is 4.99 Å². The van der Waals surface area contributed by atoms with Crippen molar-refractivity contribution < 1.29 is 22.3 Å². The molecule has 0 aliphatic carbocycles. The number of methoxy groups -OCH3 is 1. The van der Waals surface area contributed by atoms with Crippen molar-refractivity contribution in [2.24, 2.45) is 4.99 Å². The van der Waals surface area contributed by atoms with E-state index in [9.17, 15) is 13.2 Å². The summed E-state index contributed by atoms with van der Waals surface area (Å²) in [5.41, 5.74) is 0.363. The van der Waals surface area contributed by atoms with Crippen LogP contribution in [0.25, 0.3) is 22.3 Å². The average molecular weight is 464 g/mol. The Balaban J connectivity index is 1.97. The van der Waals surface area contributed by atoms with Gasteiger partial charge < -0.3 is 9.15 Å². The second kappa shape index (κ2) is 8.29. The number of alkyl halides is 3. The Morgan fingerprint density at radius 2 is 1.65 bits per heavy atom. The van der Waals surface area contributed by atoms with Gasteiger partial charge in [0.05, 0.1) is 28.7 Å². The van der Waals surface area contributed by atoms with Gasteiger partial charge in [0.1, 0.15) is 17.1 Å². The summed E-state index contributed by atoms with van der Waals surface area (Å²) in [4.78, 5) is 4.43. The molecule has 1 aromatic heterocycles. The monoisotopic (exact) mass is 463 g/mol. The summed E-state index contributed by atoms with van der Waals surface area (Å²) in [6.45, 7) is 0. The van der Waals surface area contributed by atoms with Gasteiger partial charge in [-0.3, -0.25) is 0 Å². The molecule has 4 aromatic rings. The van der Waals surface area contributed by atoms with E-state index >= 15 is 0 Å². The maximum absolute atomic E-state index is 13.2. The number of ether oxygens (including phenoxy) is 1. The number of benzene rings is 3. The summed E-state index contributed by atoms with van der Waals surface area (Å²) in [6.07, 6.45) is -4.51. The molecule has 0 aliphatic heterocycles. The molecule has 0 saturated heterocycles. The maximum Gasteiger partial charge on any atom is 0.416 e. The van der Waals surface area contributed by atoms with E-state index in [4.69, 9.17) is 32.4 Å².